The summed E-state index contributed by atoms with van der Waals surface area (Å²) in [7, 11) is 1.40. The quantitative estimate of drug-likeness (QED) is 0.434. The first kappa shape index (κ1) is 24.2. The van der Waals surface area contributed by atoms with Gasteiger partial charge in [0.05, 0.1) is 37.8 Å². The van der Waals surface area contributed by atoms with Crippen LogP contribution >= 0.6 is 0 Å². The Kier molecular flexibility index (Phi) is 5.74. The Labute approximate surface area is 207 Å². The standard InChI is InChI=1S/C29H36O6/c1-7-21(30)18-8-9-23(31)28(4)20(18)13-24-29(5,26(28)16(3)27(32)33-6)25-15(2)19(12-22(25)35-24)17-10-11-34-14-17/h8-11,14,16,18-20,22,24,26H,7,12-13H2,1-6H3/t16?,18?,19-,20+,22-,24-,26-,28-,29+/m1/s1. The highest BCUT2D eigenvalue weighted by Gasteiger charge is 2.70. The Bertz CT molecular complexity index is 1110. The van der Waals surface area contributed by atoms with E-state index in [1.165, 1.54) is 18.3 Å². The van der Waals surface area contributed by atoms with E-state index in [9.17, 15) is 14.4 Å². The van der Waals surface area contributed by atoms with Crippen LogP contribution in [0.25, 0.3) is 0 Å². The fourth-order valence-electron chi connectivity index (χ4n) is 8.50. The average molecular weight is 481 g/mol. The molecule has 1 saturated carbocycles. The highest BCUT2D eigenvalue weighted by molar-refractivity contribution is 5.99. The van der Waals surface area contributed by atoms with Gasteiger partial charge in [0.25, 0.3) is 0 Å². The number of allylic oxidation sites excluding steroid dienone is 3. The minimum Gasteiger partial charge on any atom is -0.472 e. The van der Waals surface area contributed by atoms with Crippen LogP contribution in [0.1, 0.15) is 65.4 Å². The second-order valence-electron chi connectivity index (χ2n) is 11.3. The summed E-state index contributed by atoms with van der Waals surface area (Å²) in [5.74, 6) is -1.49. The lowest BCUT2D eigenvalue weighted by Gasteiger charge is -2.59. The zero-order chi connectivity index (χ0) is 25.3. The van der Waals surface area contributed by atoms with Crippen molar-refractivity contribution in [2.45, 2.75) is 72.0 Å². The molecule has 5 rings (SSSR count). The monoisotopic (exact) mass is 480 g/mol. The number of Topliss-reactive ketones (excluding diaryl/α,β-unsaturated/α-hetero) is 1. The van der Waals surface area contributed by atoms with Gasteiger partial charge in [-0.05, 0) is 54.9 Å². The SMILES string of the molecule is CCC(=O)C1C=CC(=O)[C@]2(C)[C@@H](C(C)C(=O)OC)[C@]3(C)C4=C(C)[C@H](c5ccoc5)C[C@H]4O[C@@H]3C[C@@H]12. The van der Waals surface area contributed by atoms with Crippen molar-refractivity contribution >= 4 is 17.5 Å². The highest BCUT2D eigenvalue weighted by Crippen LogP contribution is 2.69. The van der Waals surface area contributed by atoms with E-state index in [-0.39, 0.29) is 53.4 Å². The van der Waals surface area contributed by atoms with Crippen molar-refractivity contribution in [2.75, 3.05) is 7.11 Å². The molecule has 2 fully saturated rings. The second-order valence-corrected chi connectivity index (χ2v) is 11.3. The number of carbonyl (C=O) groups is 3. The molecule has 6 heteroatoms. The van der Waals surface area contributed by atoms with Crippen LogP contribution in [0.4, 0.5) is 0 Å². The smallest absolute Gasteiger partial charge is 0.308 e. The topological polar surface area (TPSA) is 82.8 Å². The average Bonchev–Trinajstić information content (AvgIpc) is 3.54. The van der Waals surface area contributed by atoms with Gasteiger partial charge < -0.3 is 13.9 Å². The van der Waals surface area contributed by atoms with Gasteiger partial charge in [0, 0.05) is 29.1 Å². The third kappa shape index (κ3) is 3.14. The van der Waals surface area contributed by atoms with Crippen molar-refractivity contribution in [2.24, 2.45) is 34.5 Å². The number of esters is 1. The van der Waals surface area contributed by atoms with Crippen LogP contribution in [0.2, 0.25) is 0 Å². The van der Waals surface area contributed by atoms with E-state index in [2.05, 4.69) is 13.8 Å². The maximum Gasteiger partial charge on any atom is 0.308 e. The fraction of sp³-hybridized carbons (Fsp3) is 0.621. The van der Waals surface area contributed by atoms with Gasteiger partial charge in [-0.3, -0.25) is 14.4 Å². The van der Waals surface area contributed by atoms with Crippen molar-refractivity contribution in [1.82, 2.24) is 0 Å². The number of carbonyl (C=O) groups excluding carboxylic acids is 3. The summed E-state index contributed by atoms with van der Waals surface area (Å²) in [4.78, 5) is 39.9. The summed E-state index contributed by atoms with van der Waals surface area (Å²) >= 11 is 0. The van der Waals surface area contributed by atoms with Gasteiger partial charge in [-0.15, -0.1) is 0 Å². The first-order valence-electron chi connectivity index (χ1n) is 12.8. The van der Waals surface area contributed by atoms with Gasteiger partial charge in [0.2, 0.25) is 0 Å². The molecular formula is C29H36O6. The zero-order valence-electron chi connectivity index (χ0n) is 21.5. The largest absolute Gasteiger partial charge is 0.472 e. The summed E-state index contributed by atoms with van der Waals surface area (Å²) in [6.45, 7) is 10.1. The molecule has 0 N–H and O–H groups in total. The first-order chi connectivity index (χ1) is 16.6. The molecule has 2 unspecified atom stereocenters. The highest BCUT2D eigenvalue weighted by atomic mass is 16.5. The molecule has 2 heterocycles. The molecule has 9 atom stereocenters. The van der Waals surface area contributed by atoms with E-state index < -0.39 is 16.7 Å². The molecule has 1 aromatic rings. The van der Waals surface area contributed by atoms with E-state index >= 15 is 0 Å². The van der Waals surface area contributed by atoms with E-state index in [0.717, 1.165) is 12.0 Å². The van der Waals surface area contributed by atoms with Crippen LogP contribution in [0.3, 0.4) is 0 Å². The van der Waals surface area contributed by atoms with E-state index in [1.807, 2.05) is 26.8 Å². The van der Waals surface area contributed by atoms with Crippen molar-refractivity contribution in [3.63, 3.8) is 0 Å². The summed E-state index contributed by atoms with van der Waals surface area (Å²) < 4.78 is 17.4. The molecule has 0 spiro atoms. The Hall–Kier alpha value is -2.47. The van der Waals surface area contributed by atoms with Gasteiger partial charge in [0.1, 0.15) is 5.78 Å². The Balaban J connectivity index is 1.70. The summed E-state index contributed by atoms with van der Waals surface area (Å²) in [6, 6.07) is 2.00. The molecular weight excluding hydrogens is 444 g/mol. The predicted octanol–water partition coefficient (Wildman–Crippen LogP) is 5.04. The summed E-state index contributed by atoms with van der Waals surface area (Å²) in [6.07, 6.45) is 8.46. The molecule has 0 amide bonds. The van der Waals surface area contributed by atoms with E-state index in [4.69, 9.17) is 13.9 Å². The number of hydrogen-bond donors (Lipinski definition) is 0. The number of fused-ring (bicyclic) bond motifs is 4. The second kappa shape index (κ2) is 8.29. The van der Waals surface area contributed by atoms with Crippen LogP contribution in [-0.2, 0) is 23.9 Å². The molecule has 4 aliphatic rings. The number of ether oxygens (including phenoxy) is 2. The molecule has 6 nitrogen and oxygen atoms in total. The Morgan fingerprint density at radius 3 is 2.60 bits per heavy atom. The molecule has 1 aliphatic heterocycles. The third-order valence-electron chi connectivity index (χ3n) is 9.99. The van der Waals surface area contributed by atoms with Gasteiger partial charge in [-0.25, -0.2) is 0 Å². The predicted molar refractivity (Wildman–Crippen MR) is 129 cm³/mol. The van der Waals surface area contributed by atoms with Crippen LogP contribution in [0.5, 0.6) is 0 Å². The molecule has 188 valence electrons. The normalized spacial score (nSPS) is 40.8. The number of furan rings is 1. The van der Waals surface area contributed by atoms with Gasteiger partial charge in [-0.2, -0.15) is 0 Å². The number of rotatable bonds is 5. The van der Waals surface area contributed by atoms with Crippen molar-refractivity contribution in [1.29, 1.82) is 0 Å². The maximum absolute atomic E-state index is 13.8. The summed E-state index contributed by atoms with van der Waals surface area (Å²) in [5, 5.41) is 0. The number of methoxy groups -OCH3 is 1. The Morgan fingerprint density at radius 2 is 1.97 bits per heavy atom. The van der Waals surface area contributed by atoms with Gasteiger partial charge >= 0.3 is 5.97 Å². The molecule has 1 saturated heterocycles. The fourth-order valence-corrected chi connectivity index (χ4v) is 8.50. The van der Waals surface area contributed by atoms with Crippen molar-refractivity contribution in [3.8, 4) is 0 Å². The first-order valence-corrected chi connectivity index (χ1v) is 12.8. The van der Waals surface area contributed by atoms with Crippen LogP contribution in [0, 0.1) is 34.5 Å². The lowest BCUT2D eigenvalue weighted by Crippen LogP contribution is -2.63. The number of hydrogen-bond acceptors (Lipinski definition) is 6. The van der Waals surface area contributed by atoms with Gasteiger partial charge in [0.15, 0.2) is 5.78 Å². The van der Waals surface area contributed by atoms with E-state index in [1.54, 1.807) is 24.7 Å². The molecule has 0 aromatic carbocycles. The van der Waals surface area contributed by atoms with Crippen LogP contribution in [-0.4, -0.2) is 36.9 Å². The van der Waals surface area contributed by atoms with Crippen molar-refractivity contribution < 1.29 is 28.3 Å². The molecule has 3 aliphatic carbocycles. The maximum atomic E-state index is 13.8. The molecule has 0 bridgehead atoms. The molecule has 0 radical (unpaired) electrons. The van der Waals surface area contributed by atoms with Crippen LogP contribution < -0.4 is 0 Å². The lowest BCUT2D eigenvalue weighted by molar-refractivity contribution is -0.175. The minimum absolute atomic E-state index is 0.00540. The zero-order valence-corrected chi connectivity index (χ0v) is 21.5. The molecule has 35 heavy (non-hydrogen) atoms. The lowest BCUT2D eigenvalue weighted by atomic mass is 9.42. The Morgan fingerprint density at radius 1 is 1.23 bits per heavy atom. The molecule has 1 aromatic heterocycles. The minimum atomic E-state index is -0.887. The van der Waals surface area contributed by atoms with E-state index in [0.29, 0.717) is 12.8 Å². The van der Waals surface area contributed by atoms with Gasteiger partial charge in [-0.1, -0.05) is 39.3 Å². The summed E-state index contributed by atoms with van der Waals surface area (Å²) in [5.41, 5.74) is 2.16. The van der Waals surface area contributed by atoms with Crippen LogP contribution in [0.15, 0.2) is 46.3 Å². The third-order valence-corrected chi connectivity index (χ3v) is 9.99. The van der Waals surface area contributed by atoms with Crippen molar-refractivity contribution in [3.05, 3.63) is 47.5 Å². The number of ketones is 2.